The number of aryl methyl sites for hydroxylation is 2. The maximum Gasteiger partial charge on any atom is 0.260 e. The van der Waals surface area contributed by atoms with E-state index in [0.717, 1.165) is 10.4 Å². The van der Waals surface area contributed by atoms with E-state index < -0.39 is 11.7 Å². The molecule has 2 heterocycles. The molecule has 142 valence electrons. The summed E-state index contributed by atoms with van der Waals surface area (Å²) in [6.45, 7) is 1.84. The number of carbonyl (C=O) groups excluding carboxylic acids is 2. The number of thiazole rings is 1. The molecule has 4 rings (SSSR count). The molecule has 0 saturated heterocycles. The van der Waals surface area contributed by atoms with Crippen molar-refractivity contribution in [2.45, 2.75) is 19.8 Å². The average molecular weight is 399 g/mol. The van der Waals surface area contributed by atoms with Gasteiger partial charge in [-0.1, -0.05) is 0 Å². The van der Waals surface area contributed by atoms with E-state index in [9.17, 15) is 18.4 Å². The molecule has 0 spiro atoms. The molecular formula is C20H15F2N3O2S. The van der Waals surface area contributed by atoms with E-state index in [-0.39, 0.29) is 17.3 Å². The van der Waals surface area contributed by atoms with Crippen LogP contribution in [0.5, 0.6) is 0 Å². The predicted molar refractivity (Wildman–Crippen MR) is 104 cm³/mol. The Morgan fingerprint density at radius 2 is 1.93 bits per heavy atom. The number of anilines is 2. The lowest BCUT2D eigenvalue weighted by Gasteiger charge is -2.17. The van der Waals surface area contributed by atoms with E-state index in [0.29, 0.717) is 34.9 Å². The molecule has 2 aromatic carbocycles. The molecule has 0 bridgehead atoms. The Labute approximate surface area is 163 Å². The van der Waals surface area contributed by atoms with Gasteiger partial charge in [0.1, 0.15) is 11.6 Å². The highest BCUT2D eigenvalue weighted by atomic mass is 32.1. The second-order valence-corrected chi connectivity index (χ2v) is 7.63. The maximum atomic E-state index is 14.4. The standard InChI is InChI=1S/C20H15F2N3O2S/c1-10-18(11-2-5-13(21)6-3-11)24-20(28-10)25-19(27)14-8-12-4-7-17(26)23-16(12)9-15(14)22/h2-3,5-6,8-9H,4,7H2,1H3,(H,23,26)(H,24,25,27). The third kappa shape index (κ3) is 3.50. The molecule has 5 nitrogen and oxygen atoms in total. The third-order valence-electron chi connectivity index (χ3n) is 4.47. The molecule has 0 saturated carbocycles. The summed E-state index contributed by atoms with van der Waals surface area (Å²) < 4.78 is 27.5. The van der Waals surface area contributed by atoms with Gasteiger partial charge < -0.3 is 5.32 Å². The van der Waals surface area contributed by atoms with Crippen LogP contribution >= 0.6 is 11.3 Å². The molecule has 2 N–H and O–H groups in total. The first-order valence-corrected chi connectivity index (χ1v) is 9.39. The highest BCUT2D eigenvalue weighted by Crippen LogP contribution is 2.31. The lowest BCUT2D eigenvalue weighted by atomic mass is 9.99. The molecule has 28 heavy (non-hydrogen) atoms. The molecule has 2 amide bonds. The zero-order valence-electron chi connectivity index (χ0n) is 14.8. The van der Waals surface area contributed by atoms with Gasteiger partial charge in [-0.05, 0) is 55.3 Å². The Morgan fingerprint density at radius 3 is 2.68 bits per heavy atom. The Balaban J connectivity index is 1.58. The lowest BCUT2D eigenvalue weighted by molar-refractivity contribution is -0.116. The van der Waals surface area contributed by atoms with Crippen molar-refractivity contribution in [3.63, 3.8) is 0 Å². The third-order valence-corrected chi connectivity index (χ3v) is 5.35. The Hall–Kier alpha value is -3.13. The van der Waals surface area contributed by atoms with Crippen LogP contribution in [0.3, 0.4) is 0 Å². The van der Waals surface area contributed by atoms with Crippen molar-refractivity contribution in [3.8, 4) is 11.3 Å². The van der Waals surface area contributed by atoms with Gasteiger partial charge in [0.25, 0.3) is 5.91 Å². The maximum absolute atomic E-state index is 14.4. The van der Waals surface area contributed by atoms with E-state index in [1.165, 1.54) is 35.6 Å². The van der Waals surface area contributed by atoms with Crippen molar-refractivity contribution in [2.24, 2.45) is 0 Å². The number of aromatic nitrogens is 1. The number of hydrogen-bond donors (Lipinski definition) is 2. The molecule has 1 aliphatic heterocycles. The van der Waals surface area contributed by atoms with Gasteiger partial charge in [0, 0.05) is 22.5 Å². The SMILES string of the molecule is Cc1sc(NC(=O)c2cc3c(cc2F)NC(=O)CC3)nc1-c1ccc(F)cc1. The van der Waals surface area contributed by atoms with Crippen LogP contribution in [0.2, 0.25) is 0 Å². The van der Waals surface area contributed by atoms with Crippen molar-refractivity contribution < 1.29 is 18.4 Å². The van der Waals surface area contributed by atoms with Gasteiger partial charge in [0.2, 0.25) is 5.91 Å². The zero-order valence-corrected chi connectivity index (χ0v) is 15.6. The topological polar surface area (TPSA) is 71.1 Å². The van der Waals surface area contributed by atoms with Crippen molar-refractivity contribution in [1.82, 2.24) is 4.98 Å². The summed E-state index contributed by atoms with van der Waals surface area (Å²) in [5, 5.41) is 5.55. The minimum absolute atomic E-state index is 0.105. The van der Waals surface area contributed by atoms with Gasteiger partial charge in [-0.2, -0.15) is 0 Å². The van der Waals surface area contributed by atoms with Crippen molar-refractivity contribution >= 4 is 34.0 Å². The van der Waals surface area contributed by atoms with Crippen molar-refractivity contribution in [1.29, 1.82) is 0 Å². The molecule has 0 aliphatic carbocycles. The summed E-state index contributed by atoms with van der Waals surface area (Å²) in [4.78, 5) is 29.2. The molecule has 0 unspecified atom stereocenters. The second kappa shape index (κ2) is 7.12. The van der Waals surface area contributed by atoms with E-state index in [1.54, 1.807) is 12.1 Å². The molecule has 0 atom stereocenters. The van der Waals surface area contributed by atoms with Gasteiger partial charge >= 0.3 is 0 Å². The average Bonchev–Trinajstić information content (AvgIpc) is 3.01. The number of amides is 2. The molecule has 3 aromatic rings. The van der Waals surface area contributed by atoms with Crippen LogP contribution in [-0.4, -0.2) is 16.8 Å². The number of nitrogens with one attached hydrogen (secondary N) is 2. The summed E-state index contributed by atoms with van der Waals surface area (Å²) in [6, 6.07) is 8.53. The van der Waals surface area contributed by atoms with Crippen LogP contribution in [0.1, 0.15) is 27.2 Å². The van der Waals surface area contributed by atoms with Crippen LogP contribution in [-0.2, 0) is 11.2 Å². The van der Waals surface area contributed by atoms with Gasteiger partial charge in [0.05, 0.1) is 11.3 Å². The van der Waals surface area contributed by atoms with Crippen LogP contribution in [0.25, 0.3) is 11.3 Å². The first-order chi connectivity index (χ1) is 13.4. The summed E-state index contributed by atoms with van der Waals surface area (Å²) in [6.07, 6.45) is 0.749. The fourth-order valence-corrected chi connectivity index (χ4v) is 3.90. The molecule has 8 heteroatoms. The minimum Gasteiger partial charge on any atom is -0.326 e. The number of rotatable bonds is 3. The Morgan fingerprint density at radius 1 is 1.18 bits per heavy atom. The van der Waals surface area contributed by atoms with E-state index in [1.807, 2.05) is 6.92 Å². The van der Waals surface area contributed by atoms with Crippen LogP contribution in [0, 0.1) is 18.6 Å². The summed E-state index contributed by atoms with van der Waals surface area (Å²) in [5.74, 6) is -1.85. The Kier molecular flexibility index (Phi) is 4.64. The van der Waals surface area contributed by atoms with E-state index in [4.69, 9.17) is 0 Å². The summed E-state index contributed by atoms with van der Waals surface area (Å²) >= 11 is 1.26. The quantitative estimate of drug-likeness (QED) is 0.680. The zero-order chi connectivity index (χ0) is 19.8. The minimum atomic E-state index is -0.717. The number of nitrogens with zero attached hydrogens (tertiary/aromatic N) is 1. The summed E-state index contributed by atoms with van der Waals surface area (Å²) in [5.41, 5.74) is 2.37. The second-order valence-electron chi connectivity index (χ2n) is 6.42. The molecular weight excluding hydrogens is 384 g/mol. The van der Waals surface area contributed by atoms with E-state index in [2.05, 4.69) is 15.6 Å². The van der Waals surface area contributed by atoms with E-state index >= 15 is 0 Å². The van der Waals surface area contributed by atoms with Crippen LogP contribution in [0.4, 0.5) is 19.6 Å². The first-order valence-electron chi connectivity index (χ1n) is 8.57. The number of hydrogen-bond acceptors (Lipinski definition) is 4. The number of fused-ring (bicyclic) bond motifs is 1. The molecule has 1 aromatic heterocycles. The van der Waals surface area contributed by atoms with Gasteiger partial charge in [-0.3, -0.25) is 14.9 Å². The number of carbonyl (C=O) groups is 2. The normalized spacial score (nSPS) is 13.0. The fourth-order valence-electron chi connectivity index (χ4n) is 3.07. The van der Waals surface area contributed by atoms with Crippen LogP contribution < -0.4 is 10.6 Å². The van der Waals surface area contributed by atoms with Gasteiger partial charge in [-0.15, -0.1) is 11.3 Å². The molecule has 0 fully saturated rings. The number of benzene rings is 2. The fraction of sp³-hybridized carbons (Fsp3) is 0.150. The number of halogens is 2. The van der Waals surface area contributed by atoms with Crippen molar-refractivity contribution in [2.75, 3.05) is 10.6 Å². The van der Waals surface area contributed by atoms with Gasteiger partial charge in [0.15, 0.2) is 5.13 Å². The first kappa shape index (κ1) is 18.2. The van der Waals surface area contributed by atoms with Crippen LogP contribution in [0.15, 0.2) is 36.4 Å². The van der Waals surface area contributed by atoms with Gasteiger partial charge in [-0.25, -0.2) is 13.8 Å². The highest BCUT2D eigenvalue weighted by molar-refractivity contribution is 7.16. The highest BCUT2D eigenvalue weighted by Gasteiger charge is 2.21. The smallest absolute Gasteiger partial charge is 0.260 e. The monoisotopic (exact) mass is 399 g/mol. The van der Waals surface area contributed by atoms with Crippen molar-refractivity contribution in [3.05, 3.63) is 64.0 Å². The largest absolute Gasteiger partial charge is 0.326 e. The molecule has 0 radical (unpaired) electrons. The molecule has 1 aliphatic rings. The Bertz CT molecular complexity index is 1090. The lowest BCUT2D eigenvalue weighted by Crippen LogP contribution is -2.21. The predicted octanol–water partition coefficient (Wildman–Crippen LogP) is 4.53. The summed E-state index contributed by atoms with van der Waals surface area (Å²) in [7, 11) is 0.